The Morgan fingerprint density at radius 2 is 1.82 bits per heavy atom. The van der Waals surface area contributed by atoms with E-state index < -0.39 is 0 Å². The van der Waals surface area contributed by atoms with Gasteiger partial charge in [0.15, 0.2) is 0 Å². The number of piperidine rings is 2. The molecule has 2 fully saturated rings. The van der Waals surface area contributed by atoms with E-state index in [9.17, 15) is 4.79 Å². The van der Waals surface area contributed by atoms with Gasteiger partial charge in [0, 0.05) is 43.9 Å². The Bertz CT molecular complexity index is 935. The topological polar surface area (TPSA) is 96.9 Å². The van der Waals surface area contributed by atoms with Gasteiger partial charge >= 0.3 is 0 Å². The number of pyridine rings is 2. The molecular formula is C25H34N6O2. The maximum absolute atomic E-state index is 13.2. The number of nitrogens with zero attached hydrogens (tertiary/aromatic N) is 5. The van der Waals surface area contributed by atoms with Crippen LogP contribution in [-0.2, 0) is 16.2 Å². The second kappa shape index (κ2) is 11.2. The van der Waals surface area contributed by atoms with Crippen LogP contribution in [0.4, 0.5) is 5.82 Å². The maximum Gasteiger partial charge on any atom is 0.225 e. The number of carbonyl (C=O) groups excluding carboxylic acids is 1. The molecule has 2 aliphatic heterocycles. The highest BCUT2D eigenvalue weighted by Gasteiger charge is 2.32. The third-order valence-corrected chi connectivity index (χ3v) is 6.60. The number of nitrogens with two attached hydrogens (primary N) is 1. The van der Waals surface area contributed by atoms with E-state index in [1.807, 2.05) is 37.3 Å². The van der Waals surface area contributed by atoms with E-state index in [1.54, 1.807) is 12.4 Å². The summed E-state index contributed by atoms with van der Waals surface area (Å²) in [6.07, 6.45) is 7.12. The van der Waals surface area contributed by atoms with Crippen molar-refractivity contribution < 1.29 is 9.63 Å². The summed E-state index contributed by atoms with van der Waals surface area (Å²) in [4.78, 5) is 31.6. The Hall–Kier alpha value is -3.00. The number of oxime groups is 1. The van der Waals surface area contributed by atoms with Gasteiger partial charge in [-0.2, -0.15) is 0 Å². The predicted octanol–water partition coefficient (Wildman–Crippen LogP) is 2.95. The monoisotopic (exact) mass is 450 g/mol. The van der Waals surface area contributed by atoms with E-state index in [-0.39, 0.29) is 11.8 Å². The maximum atomic E-state index is 13.2. The van der Waals surface area contributed by atoms with Crippen molar-refractivity contribution in [2.24, 2.45) is 17.0 Å². The molecule has 2 N–H and O–H groups in total. The second-order valence-electron chi connectivity index (χ2n) is 8.85. The SMILES string of the molecule is CCO/N=C(\c1ccccn1)C1CCN(C(=O)C2CCN(Cc3ccnc(N)c3)CC2)CC1. The van der Waals surface area contributed by atoms with Gasteiger partial charge in [0.05, 0.1) is 5.69 Å². The van der Waals surface area contributed by atoms with Gasteiger partial charge < -0.3 is 15.5 Å². The van der Waals surface area contributed by atoms with Gasteiger partial charge in [-0.15, -0.1) is 0 Å². The molecule has 0 aromatic carbocycles. The van der Waals surface area contributed by atoms with E-state index in [4.69, 9.17) is 10.6 Å². The second-order valence-corrected chi connectivity index (χ2v) is 8.85. The standard InChI is InChI=1S/C25H34N6O2/c1-2-33-29-24(22-5-3-4-11-27-22)20-9-15-31(16-10-20)25(32)21-7-13-30(14-8-21)18-19-6-12-28-23(26)17-19/h3-6,11-12,17,20-21H,2,7-10,13-16,18H2,1H3,(H2,26,28)/b29-24-. The summed E-state index contributed by atoms with van der Waals surface area (Å²) in [5, 5.41) is 4.38. The molecule has 2 aliphatic rings. The largest absolute Gasteiger partial charge is 0.396 e. The quantitative estimate of drug-likeness (QED) is 0.515. The fourth-order valence-electron chi connectivity index (χ4n) is 4.80. The number of hydrogen-bond donors (Lipinski definition) is 1. The highest BCUT2D eigenvalue weighted by Crippen LogP contribution is 2.26. The summed E-state index contributed by atoms with van der Waals surface area (Å²) in [6.45, 7) is 6.70. The number of carbonyl (C=O) groups is 1. The highest BCUT2D eigenvalue weighted by molar-refractivity contribution is 6.00. The van der Waals surface area contributed by atoms with E-state index >= 15 is 0 Å². The van der Waals surface area contributed by atoms with Crippen molar-refractivity contribution in [1.82, 2.24) is 19.8 Å². The van der Waals surface area contributed by atoms with Gasteiger partial charge in [0.2, 0.25) is 5.91 Å². The molecule has 4 rings (SSSR count). The zero-order valence-electron chi connectivity index (χ0n) is 19.4. The Labute approximate surface area is 195 Å². The van der Waals surface area contributed by atoms with Crippen LogP contribution in [0.25, 0.3) is 0 Å². The Balaban J connectivity index is 1.28. The number of rotatable bonds is 7. The fourth-order valence-corrected chi connectivity index (χ4v) is 4.80. The molecule has 0 saturated carbocycles. The lowest BCUT2D eigenvalue weighted by atomic mass is 9.88. The summed E-state index contributed by atoms with van der Waals surface area (Å²) in [7, 11) is 0. The molecule has 0 radical (unpaired) electrons. The Morgan fingerprint density at radius 1 is 1.06 bits per heavy atom. The number of anilines is 1. The average Bonchev–Trinajstić information content (AvgIpc) is 2.85. The molecule has 0 unspecified atom stereocenters. The minimum atomic E-state index is 0.118. The molecule has 8 nitrogen and oxygen atoms in total. The summed E-state index contributed by atoms with van der Waals surface area (Å²) in [5.41, 5.74) is 8.73. The number of amides is 1. The van der Waals surface area contributed by atoms with Crippen LogP contribution < -0.4 is 5.73 Å². The van der Waals surface area contributed by atoms with Gasteiger partial charge in [-0.3, -0.25) is 14.7 Å². The van der Waals surface area contributed by atoms with Gasteiger partial charge in [0.25, 0.3) is 0 Å². The van der Waals surface area contributed by atoms with Crippen molar-refractivity contribution >= 4 is 17.4 Å². The first-order chi connectivity index (χ1) is 16.1. The first-order valence-corrected chi connectivity index (χ1v) is 12.0. The molecule has 1 amide bonds. The molecule has 2 saturated heterocycles. The summed E-state index contributed by atoms with van der Waals surface area (Å²) in [5.74, 6) is 1.23. The van der Waals surface area contributed by atoms with Crippen LogP contribution in [0.2, 0.25) is 0 Å². The van der Waals surface area contributed by atoms with Gasteiger partial charge in [-0.25, -0.2) is 4.98 Å². The lowest BCUT2D eigenvalue weighted by Crippen LogP contribution is -2.46. The van der Waals surface area contributed by atoms with E-state index in [1.165, 1.54) is 5.56 Å². The van der Waals surface area contributed by atoms with Gasteiger partial charge in [-0.1, -0.05) is 11.2 Å². The van der Waals surface area contributed by atoms with E-state index in [2.05, 4.69) is 24.9 Å². The molecular weight excluding hydrogens is 416 g/mol. The fraction of sp³-hybridized carbons (Fsp3) is 0.520. The van der Waals surface area contributed by atoms with Crippen molar-refractivity contribution in [3.05, 3.63) is 54.0 Å². The molecule has 2 aromatic heterocycles. The predicted molar refractivity (Wildman–Crippen MR) is 128 cm³/mol. The van der Waals surface area contributed by atoms with Crippen molar-refractivity contribution in [3.8, 4) is 0 Å². The number of aromatic nitrogens is 2. The minimum Gasteiger partial charge on any atom is -0.396 e. The third kappa shape index (κ3) is 6.07. The molecule has 8 heteroatoms. The first-order valence-electron chi connectivity index (χ1n) is 12.0. The number of nitrogen functional groups attached to an aromatic ring is 1. The van der Waals surface area contributed by atoms with Crippen LogP contribution in [0.15, 0.2) is 47.9 Å². The highest BCUT2D eigenvalue weighted by atomic mass is 16.6. The smallest absolute Gasteiger partial charge is 0.225 e. The zero-order valence-corrected chi connectivity index (χ0v) is 19.4. The molecule has 33 heavy (non-hydrogen) atoms. The van der Waals surface area contributed by atoms with Crippen molar-refractivity contribution in [1.29, 1.82) is 0 Å². The van der Waals surface area contributed by atoms with Gasteiger partial charge in [-0.05, 0) is 75.5 Å². The molecule has 0 spiro atoms. The summed E-state index contributed by atoms with van der Waals surface area (Å²) < 4.78 is 0. The third-order valence-electron chi connectivity index (χ3n) is 6.60. The average molecular weight is 451 g/mol. The van der Waals surface area contributed by atoms with Crippen LogP contribution >= 0.6 is 0 Å². The van der Waals surface area contributed by atoms with Crippen molar-refractivity contribution in [3.63, 3.8) is 0 Å². The molecule has 0 bridgehead atoms. The molecule has 0 atom stereocenters. The van der Waals surface area contributed by atoms with Crippen LogP contribution in [-0.4, -0.2) is 64.2 Å². The van der Waals surface area contributed by atoms with E-state index in [0.717, 1.165) is 69.8 Å². The minimum absolute atomic E-state index is 0.118. The van der Waals surface area contributed by atoms with Crippen LogP contribution in [0, 0.1) is 11.8 Å². The zero-order chi connectivity index (χ0) is 23.0. The molecule has 2 aromatic rings. The Kier molecular flexibility index (Phi) is 7.88. The van der Waals surface area contributed by atoms with Gasteiger partial charge in [0.1, 0.15) is 18.1 Å². The first kappa shape index (κ1) is 23.2. The molecule has 0 aliphatic carbocycles. The van der Waals surface area contributed by atoms with Crippen molar-refractivity contribution in [2.45, 2.75) is 39.2 Å². The summed E-state index contributed by atoms with van der Waals surface area (Å²) >= 11 is 0. The lowest BCUT2D eigenvalue weighted by molar-refractivity contribution is -0.138. The van der Waals surface area contributed by atoms with Crippen LogP contribution in [0.1, 0.15) is 43.9 Å². The molecule has 4 heterocycles. The Morgan fingerprint density at radius 3 is 2.48 bits per heavy atom. The van der Waals surface area contributed by atoms with E-state index in [0.29, 0.717) is 18.3 Å². The number of likely N-dealkylation sites (tertiary alicyclic amines) is 2. The van der Waals surface area contributed by atoms with Crippen LogP contribution in [0.3, 0.4) is 0 Å². The number of hydrogen-bond acceptors (Lipinski definition) is 7. The normalized spacial score (nSPS) is 18.9. The lowest BCUT2D eigenvalue weighted by Gasteiger charge is -2.37. The summed E-state index contributed by atoms with van der Waals surface area (Å²) in [6, 6.07) is 9.78. The van der Waals surface area contributed by atoms with Crippen LogP contribution in [0.5, 0.6) is 0 Å². The van der Waals surface area contributed by atoms with Crippen molar-refractivity contribution in [2.75, 3.05) is 38.5 Å². The molecule has 176 valence electrons.